The highest BCUT2D eigenvalue weighted by Gasteiger charge is 2.51. The highest BCUT2D eigenvalue weighted by Crippen LogP contribution is 2.47. The van der Waals surface area contributed by atoms with Gasteiger partial charge < -0.3 is 39.9 Å². The number of aliphatic hydroxyl groups excluding tert-OH is 5. The van der Waals surface area contributed by atoms with E-state index in [2.05, 4.69) is 38.2 Å². The second-order valence-electron chi connectivity index (χ2n) is 15.9. The van der Waals surface area contributed by atoms with Crippen molar-refractivity contribution in [2.24, 2.45) is 0 Å². The van der Waals surface area contributed by atoms with Gasteiger partial charge >= 0.3 is 19.8 Å². The SMILES string of the molecule is CCCCCCCC/C=C/CCCCCC(=O)OC[C@H](COP(=O)(O)OC1C(O)C(O)C(O)[C@H](O)C1O)OC(=O)CCC/C=C/C/C=C/CCCCCCCCCCC. The van der Waals surface area contributed by atoms with E-state index in [0.717, 1.165) is 38.5 Å². The lowest BCUT2D eigenvalue weighted by molar-refractivity contribution is -0.220. The van der Waals surface area contributed by atoms with Crippen molar-refractivity contribution < 1.29 is 63.1 Å². The fourth-order valence-electron chi connectivity index (χ4n) is 6.73. The van der Waals surface area contributed by atoms with Gasteiger partial charge in [0.2, 0.25) is 0 Å². The number of rotatable bonds is 37. The zero-order valence-corrected chi connectivity index (χ0v) is 37.2. The van der Waals surface area contributed by atoms with Gasteiger partial charge in [-0.1, -0.05) is 140 Å². The van der Waals surface area contributed by atoms with Crippen molar-refractivity contribution in [2.45, 2.75) is 224 Å². The number of hydrogen-bond donors (Lipinski definition) is 6. The Morgan fingerprint density at radius 3 is 1.44 bits per heavy atom. The minimum atomic E-state index is -5.13. The van der Waals surface area contributed by atoms with Crippen LogP contribution in [-0.4, -0.2) is 98.3 Å². The first-order chi connectivity index (χ1) is 28.4. The van der Waals surface area contributed by atoms with Gasteiger partial charge in [0.05, 0.1) is 6.61 Å². The van der Waals surface area contributed by atoms with Crippen LogP contribution in [0.1, 0.15) is 181 Å². The van der Waals surface area contributed by atoms with E-state index in [0.29, 0.717) is 19.3 Å². The van der Waals surface area contributed by atoms with Gasteiger partial charge in [-0.3, -0.25) is 18.6 Å². The van der Waals surface area contributed by atoms with Crippen molar-refractivity contribution >= 4 is 19.8 Å². The Morgan fingerprint density at radius 2 is 0.932 bits per heavy atom. The molecule has 0 amide bonds. The highest BCUT2D eigenvalue weighted by molar-refractivity contribution is 7.47. The number of hydrogen-bond acceptors (Lipinski definition) is 12. The van der Waals surface area contributed by atoms with E-state index in [4.69, 9.17) is 18.5 Å². The Bertz CT molecular complexity index is 1180. The number of esters is 2. The van der Waals surface area contributed by atoms with Crippen LogP contribution in [0.25, 0.3) is 0 Å². The quantitative estimate of drug-likeness (QED) is 0.0150. The molecule has 0 aromatic heterocycles. The summed E-state index contributed by atoms with van der Waals surface area (Å²) in [4.78, 5) is 35.6. The second kappa shape index (κ2) is 35.6. The van der Waals surface area contributed by atoms with Crippen LogP contribution in [0.5, 0.6) is 0 Å². The molecule has 1 aliphatic rings. The minimum absolute atomic E-state index is 0.0302. The smallest absolute Gasteiger partial charge is 0.462 e. The van der Waals surface area contributed by atoms with E-state index in [1.54, 1.807) is 0 Å². The topological polar surface area (TPSA) is 210 Å². The van der Waals surface area contributed by atoms with Crippen molar-refractivity contribution in [3.63, 3.8) is 0 Å². The van der Waals surface area contributed by atoms with Gasteiger partial charge in [-0.25, -0.2) is 4.57 Å². The van der Waals surface area contributed by atoms with Crippen molar-refractivity contribution in [2.75, 3.05) is 13.2 Å². The summed E-state index contributed by atoms with van der Waals surface area (Å²) < 4.78 is 33.4. The van der Waals surface area contributed by atoms with Gasteiger partial charge in [-0.15, -0.1) is 0 Å². The molecule has 1 rings (SSSR count). The van der Waals surface area contributed by atoms with Crippen LogP contribution >= 0.6 is 7.82 Å². The van der Waals surface area contributed by atoms with Crippen LogP contribution in [0.4, 0.5) is 0 Å². The maximum absolute atomic E-state index is 12.8. The number of phosphoric ester groups is 1. The molecule has 14 heteroatoms. The first kappa shape index (κ1) is 55.1. The summed E-state index contributed by atoms with van der Waals surface area (Å²) in [7, 11) is -5.13. The molecule has 1 saturated carbocycles. The standard InChI is InChI=1S/C45H81O13P/c1-3-5-7-9-11-13-15-17-18-19-20-22-24-26-28-30-32-34-39(47)57-37(36-56-59(53,54)58-45-43(51)41(49)40(48)42(50)44(45)52)35-55-38(46)33-31-29-27-25-23-21-16-14-12-10-8-6-4-2/h20-23,26,28,37,40-45,48-52H,3-19,24-25,27,29-36H2,1-2H3,(H,53,54)/b22-20+,23-21+,28-26+/t37-,40?,41+,42?,43?,44?,45?/m1/s1. The number of ether oxygens (including phenoxy) is 2. The minimum Gasteiger partial charge on any atom is -0.462 e. The van der Waals surface area contributed by atoms with Gasteiger partial charge in [0.15, 0.2) is 6.10 Å². The van der Waals surface area contributed by atoms with Crippen LogP contribution in [-0.2, 0) is 32.7 Å². The van der Waals surface area contributed by atoms with E-state index < -0.39 is 75.7 Å². The van der Waals surface area contributed by atoms with Crippen molar-refractivity contribution in [3.05, 3.63) is 36.5 Å². The third-order valence-electron chi connectivity index (χ3n) is 10.5. The molecule has 8 atom stereocenters. The molecular weight excluding hydrogens is 779 g/mol. The summed E-state index contributed by atoms with van der Waals surface area (Å²) in [5.74, 6) is -1.17. The third kappa shape index (κ3) is 28.3. The first-order valence-electron chi connectivity index (χ1n) is 22.8. The first-order valence-corrected chi connectivity index (χ1v) is 24.3. The molecule has 0 aromatic rings. The van der Waals surface area contributed by atoms with E-state index in [-0.39, 0.29) is 12.8 Å². The van der Waals surface area contributed by atoms with E-state index in [1.165, 1.54) is 96.3 Å². The predicted octanol–water partition coefficient (Wildman–Crippen LogP) is 8.61. The molecule has 13 nitrogen and oxygen atoms in total. The lowest BCUT2D eigenvalue weighted by Crippen LogP contribution is -2.64. The molecule has 1 fully saturated rings. The third-order valence-corrected chi connectivity index (χ3v) is 11.4. The summed E-state index contributed by atoms with van der Waals surface area (Å²) in [6, 6.07) is 0. The van der Waals surface area contributed by atoms with E-state index in [1.807, 2.05) is 12.2 Å². The zero-order valence-electron chi connectivity index (χ0n) is 36.3. The summed E-state index contributed by atoms with van der Waals surface area (Å²) in [5.41, 5.74) is 0. The summed E-state index contributed by atoms with van der Waals surface area (Å²) >= 11 is 0. The van der Waals surface area contributed by atoms with Gasteiger partial charge in [-0.2, -0.15) is 0 Å². The lowest BCUT2D eigenvalue weighted by Gasteiger charge is -2.41. The number of aliphatic hydroxyl groups is 5. The van der Waals surface area contributed by atoms with Crippen LogP contribution in [0.15, 0.2) is 36.5 Å². The highest BCUT2D eigenvalue weighted by atomic mass is 31.2. The Labute approximate surface area is 355 Å². The van der Waals surface area contributed by atoms with Crippen LogP contribution in [0, 0.1) is 0 Å². The fourth-order valence-corrected chi connectivity index (χ4v) is 7.70. The molecule has 0 spiro atoms. The number of unbranched alkanes of at least 4 members (excludes halogenated alkanes) is 19. The van der Waals surface area contributed by atoms with Gasteiger partial charge in [0.1, 0.15) is 43.2 Å². The Hall–Kier alpha value is -1.93. The molecule has 6 N–H and O–H groups in total. The number of carbonyl (C=O) groups is 2. The van der Waals surface area contributed by atoms with Crippen LogP contribution in [0.3, 0.4) is 0 Å². The number of phosphoric acid groups is 1. The van der Waals surface area contributed by atoms with Crippen molar-refractivity contribution in [3.8, 4) is 0 Å². The molecular formula is C45H81O13P. The Balaban J connectivity index is 2.51. The largest absolute Gasteiger partial charge is 0.472 e. The molecule has 0 heterocycles. The second-order valence-corrected chi connectivity index (χ2v) is 17.3. The Kier molecular flexibility index (Phi) is 33.3. The molecule has 0 radical (unpaired) electrons. The maximum Gasteiger partial charge on any atom is 0.472 e. The summed E-state index contributed by atoms with van der Waals surface area (Å²) in [5, 5.41) is 50.1. The molecule has 0 bridgehead atoms. The number of carbonyl (C=O) groups excluding carboxylic acids is 2. The monoisotopic (exact) mass is 861 g/mol. The molecule has 1 aliphatic carbocycles. The number of allylic oxidation sites excluding steroid dienone is 6. The van der Waals surface area contributed by atoms with Crippen LogP contribution < -0.4 is 0 Å². The molecule has 0 aromatic carbocycles. The van der Waals surface area contributed by atoms with Gasteiger partial charge in [0, 0.05) is 12.8 Å². The fraction of sp³-hybridized carbons (Fsp3) is 0.822. The van der Waals surface area contributed by atoms with Crippen molar-refractivity contribution in [1.82, 2.24) is 0 Å². The molecule has 0 saturated heterocycles. The Morgan fingerprint density at radius 1 is 0.525 bits per heavy atom. The van der Waals surface area contributed by atoms with Gasteiger partial charge in [-0.05, 0) is 64.2 Å². The predicted molar refractivity (Wildman–Crippen MR) is 230 cm³/mol. The molecule has 59 heavy (non-hydrogen) atoms. The van der Waals surface area contributed by atoms with E-state index >= 15 is 0 Å². The lowest BCUT2D eigenvalue weighted by atomic mass is 9.85. The molecule has 6 unspecified atom stereocenters. The van der Waals surface area contributed by atoms with Crippen LogP contribution in [0.2, 0.25) is 0 Å². The van der Waals surface area contributed by atoms with E-state index in [9.17, 15) is 44.6 Å². The maximum atomic E-state index is 12.8. The molecule has 344 valence electrons. The van der Waals surface area contributed by atoms with Gasteiger partial charge in [0.25, 0.3) is 0 Å². The summed E-state index contributed by atoms with van der Waals surface area (Å²) in [6.07, 6.45) is 26.4. The van der Waals surface area contributed by atoms with Crippen molar-refractivity contribution in [1.29, 1.82) is 0 Å². The normalized spacial score (nSPS) is 22.6. The average Bonchev–Trinajstić information content (AvgIpc) is 3.21. The zero-order chi connectivity index (χ0) is 43.6. The summed E-state index contributed by atoms with van der Waals surface area (Å²) in [6.45, 7) is 3.24. The molecule has 0 aliphatic heterocycles. The average molecular weight is 861 g/mol.